The molecule has 1 N–H and O–H groups in total. The number of carbonyl (C=O) groups is 1. The number of anilines is 1. The topological polar surface area (TPSA) is 40.5 Å². The number of halogens is 1. The van der Waals surface area contributed by atoms with Gasteiger partial charge in [-0.3, -0.25) is 0 Å². The fourth-order valence-electron chi connectivity index (χ4n) is 2.01. The van der Waals surface area contributed by atoms with Crippen LogP contribution in [0.3, 0.4) is 0 Å². The van der Waals surface area contributed by atoms with Gasteiger partial charge in [0.25, 0.3) is 0 Å². The lowest BCUT2D eigenvalue weighted by Crippen LogP contribution is -2.27. The average Bonchev–Trinajstić information content (AvgIpc) is 2.39. The van der Waals surface area contributed by atoms with Gasteiger partial charge in [0.2, 0.25) is 0 Å². The van der Waals surface area contributed by atoms with E-state index >= 15 is 0 Å². The van der Waals surface area contributed by atoms with Crippen LogP contribution >= 0.6 is 15.9 Å². The monoisotopic (exact) mass is 327 g/mol. The van der Waals surface area contributed by atoms with Crippen molar-refractivity contribution in [1.29, 1.82) is 0 Å². The molecule has 0 atom stereocenters. The van der Waals surface area contributed by atoms with Gasteiger partial charge in [-0.25, -0.2) is 4.79 Å². The first-order chi connectivity index (χ1) is 9.10. The predicted molar refractivity (Wildman–Crippen MR) is 83.1 cm³/mol. The van der Waals surface area contributed by atoms with Crippen LogP contribution in [0.1, 0.15) is 49.9 Å². The summed E-state index contributed by atoms with van der Waals surface area (Å²) in [5.41, 5.74) is 1.21. The molecule has 0 heterocycles. The summed E-state index contributed by atoms with van der Waals surface area (Å²) >= 11 is 3.34. The van der Waals surface area contributed by atoms with Crippen LogP contribution in [0.25, 0.3) is 0 Å². The van der Waals surface area contributed by atoms with E-state index in [-0.39, 0.29) is 0 Å². The quantitative estimate of drug-likeness (QED) is 0.761. The molecular weight excluding hydrogens is 306 g/mol. The van der Waals surface area contributed by atoms with Crippen molar-refractivity contribution >= 4 is 27.6 Å². The smallest absolute Gasteiger partial charge is 0.337 e. The van der Waals surface area contributed by atoms with Gasteiger partial charge >= 0.3 is 5.97 Å². The molecule has 4 heteroatoms. The molecule has 0 aliphatic carbocycles. The molecule has 0 radical (unpaired) electrons. The van der Waals surface area contributed by atoms with Gasteiger partial charge in [-0.1, -0.05) is 42.6 Å². The van der Waals surface area contributed by atoms with Crippen molar-refractivity contribution in [2.24, 2.45) is 0 Å². The summed E-state index contributed by atoms with van der Waals surface area (Å²) in [6, 6.07) is 5.49. The lowest BCUT2D eigenvalue weighted by molar-refractivity contribution is 0.0697. The third-order valence-corrected chi connectivity index (χ3v) is 3.59. The van der Waals surface area contributed by atoms with E-state index in [1.807, 2.05) is 12.1 Å². The highest BCUT2D eigenvalue weighted by Crippen LogP contribution is 2.25. The number of nitrogens with zero attached hydrogens (tertiary/aromatic N) is 1. The SMILES string of the molecule is CCCCN(CCCC)c1ccc(Br)cc1C(=O)O. The van der Waals surface area contributed by atoms with Crippen molar-refractivity contribution in [1.82, 2.24) is 0 Å². The average molecular weight is 328 g/mol. The minimum atomic E-state index is -0.866. The van der Waals surface area contributed by atoms with E-state index in [4.69, 9.17) is 0 Å². The van der Waals surface area contributed by atoms with Crippen LogP contribution in [-0.2, 0) is 0 Å². The highest BCUT2D eigenvalue weighted by molar-refractivity contribution is 9.10. The standard InChI is InChI=1S/C15H22BrNO2/c1-3-5-9-17(10-6-4-2)14-8-7-12(16)11-13(14)15(18)19/h7-8,11H,3-6,9-10H2,1-2H3,(H,18,19). The Hall–Kier alpha value is -1.03. The van der Waals surface area contributed by atoms with Gasteiger partial charge in [0.15, 0.2) is 0 Å². The fourth-order valence-corrected chi connectivity index (χ4v) is 2.37. The van der Waals surface area contributed by atoms with Crippen LogP contribution in [0.4, 0.5) is 5.69 Å². The van der Waals surface area contributed by atoms with Crippen LogP contribution in [0, 0.1) is 0 Å². The zero-order valence-corrected chi connectivity index (χ0v) is 13.2. The summed E-state index contributed by atoms with van der Waals surface area (Å²) in [6.45, 7) is 6.13. The summed E-state index contributed by atoms with van der Waals surface area (Å²) in [5.74, 6) is -0.866. The molecule has 3 nitrogen and oxygen atoms in total. The molecule has 0 fully saturated rings. The van der Waals surface area contributed by atoms with E-state index in [1.54, 1.807) is 6.07 Å². The van der Waals surface area contributed by atoms with E-state index in [2.05, 4.69) is 34.7 Å². The Morgan fingerprint density at radius 1 is 1.21 bits per heavy atom. The molecule has 19 heavy (non-hydrogen) atoms. The van der Waals surface area contributed by atoms with Crippen molar-refractivity contribution in [3.05, 3.63) is 28.2 Å². The molecule has 0 amide bonds. The maximum atomic E-state index is 11.4. The number of hydrogen-bond donors (Lipinski definition) is 1. The van der Waals surface area contributed by atoms with Crippen LogP contribution in [0.2, 0.25) is 0 Å². The van der Waals surface area contributed by atoms with E-state index in [0.717, 1.165) is 48.9 Å². The van der Waals surface area contributed by atoms with Gasteiger partial charge in [0.05, 0.1) is 11.3 Å². The Morgan fingerprint density at radius 2 is 1.79 bits per heavy atom. The van der Waals surface area contributed by atoms with Gasteiger partial charge in [-0.15, -0.1) is 0 Å². The highest BCUT2D eigenvalue weighted by atomic mass is 79.9. The molecule has 1 aromatic carbocycles. The Bertz CT molecular complexity index is 413. The van der Waals surface area contributed by atoms with Gasteiger partial charge in [-0.2, -0.15) is 0 Å². The van der Waals surface area contributed by atoms with Crippen LogP contribution in [-0.4, -0.2) is 24.2 Å². The number of carboxylic acid groups (broad SMARTS) is 1. The Kier molecular flexibility index (Phi) is 6.92. The summed E-state index contributed by atoms with van der Waals surface area (Å²) in [5, 5.41) is 9.34. The summed E-state index contributed by atoms with van der Waals surface area (Å²) in [7, 11) is 0. The second kappa shape index (κ2) is 8.20. The molecule has 1 aromatic rings. The Morgan fingerprint density at radius 3 is 2.26 bits per heavy atom. The molecule has 1 rings (SSSR count). The maximum absolute atomic E-state index is 11.4. The zero-order chi connectivity index (χ0) is 14.3. The van der Waals surface area contributed by atoms with Crippen molar-refractivity contribution < 1.29 is 9.90 Å². The lowest BCUT2D eigenvalue weighted by Gasteiger charge is -2.26. The summed E-state index contributed by atoms with van der Waals surface area (Å²) < 4.78 is 0.805. The first-order valence-corrected chi connectivity index (χ1v) is 7.67. The molecule has 0 saturated carbocycles. The van der Waals surface area contributed by atoms with Gasteiger partial charge in [0, 0.05) is 17.6 Å². The van der Waals surface area contributed by atoms with Crippen LogP contribution in [0.5, 0.6) is 0 Å². The van der Waals surface area contributed by atoms with Crippen molar-refractivity contribution in [3.8, 4) is 0 Å². The molecular formula is C15H22BrNO2. The van der Waals surface area contributed by atoms with Crippen molar-refractivity contribution in [2.45, 2.75) is 39.5 Å². The fraction of sp³-hybridized carbons (Fsp3) is 0.533. The minimum absolute atomic E-state index is 0.376. The molecule has 0 aliphatic heterocycles. The number of aromatic carboxylic acids is 1. The molecule has 0 saturated heterocycles. The van der Waals surface area contributed by atoms with Crippen molar-refractivity contribution in [3.63, 3.8) is 0 Å². The highest BCUT2D eigenvalue weighted by Gasteiger charge is 2.15. The Labute approximate surface area is 123 Å². The number of carboxylic acids is 1. The first kappa shape index (κ1) is 16.0. The molecule has 0 aliphatic rings. The van der Waals surface area contributed by atoms with Gasteiger partial charge < -0.3 is 10.0 Å². The van der Waals surface area contributed by atoms with Gasteiger partial charge in [0.1, 0.15) is 0 Å². The van der Waals surface area contributed by atoms with Gasteiger partial charge in [-0.05, 0) is 31.0 Å². The second-order valence-corrected chi connectivity index (χ2v) is 5.58. The Balaban J connectivity index is 3.02. The zero-order valence-electron chi connectivity index (χ0n) is 11.7. The number of unbranched alkanes of at least 4 members (excludes halogenated alkanes) is 2. The third-order valence-electron chi connectivity index (χ3n) is 3.09. The number of rotatable bonds is 8. The predicted octanol–water partition coefficient (Wildman–Crippen LogP) is 4.55. The summed E-state index contributed by atoms with van der Waals surface area (Å²) in [4.78, 5) is 13.6. The third kappa shape index (κ3) is 4.86. The largest absolute Gasteiger partial charge is 0.478 e. The second-order valence-electron chi connectivity index (χ2n) is 4.66. The number of hydrogen-bond acceptors (Lipinski definition) is 2. The van der Waals surface area contributed by atoms with Crippen LogP contribution < -0.4 is 4.90 Å². The molecule has 0 aromatic heterocycles. The van der Waals surface area contributed by atoms with Crippen LogP contribution in [0.15, 0.2) is 22.7 Å². The summed E-state index contributed by atoms with van der Waals surface area (Å²) in [6.07, 6.45) is 4.39. The molecule has 106 valence electrons. The van der Waals surface area contributed by atoms with E-state index in [9.17, 15) is 9.90 Å². The molecule has 0 bridgehead atoms. The van der Waals surface area contributed by atoms with E-state index in [0.29, 0.717) is 5.56 Å². The molecule has 0 unspecified atom stereocenters. The lowest BCUT2D eigenvalue weighted by atomic mass is 10.1. The minimum Gasteiger partial charge on any atom is -0.478 e. The molecule has 0 spiro atoms. The maximum Gasteiger partial charge on any atom is 0.337 e. The number of benzene rings is 1. The first-order valence-electron chi connectivity index (χ1n) is 6.88. The van der Waals surface area contributed by atoms with E-state index in [1.165, 1.54) is 0 Å². The van der Waals surface area contributed by atoms with E-state index < -0.39 is 5.97 Å². The van der Waals surface area contributed by atoms with Crippen molar-refractivity contribution in [2.75, 3.05) is 18.0 Å². The normalized spacial score (nSPS) is 10.5.